The molecule has 0 spiro atoms. The van der Waals surface area contributed by atoms with Gasteiger partial charge in [-0.2, -0.15) is 0 Å². The fraction of sp³-hybridized carbons (Fsp3) is 0.750. The van der Waals surface area contributed by atoms with E-state index in [2.05, 4.69) is 6.92 Å². The first kappa shape index (κ1) is 12.2. The predicted octanol–water partition coefficient (Wildman–Crippen LogP) is 2.46. The molecule has 1 aliphatic rings. The van der Waals surface area contributed by atoms with Gasteiger partial charge in [-0.15, -0.1) is 0 Å². The van der Waals surface area contributed by atoms with E-state index in [0.717, 1.165) is 19.4 Å². The molecule has 86 valence electrons. The zero-order chi connectivity index (χ0) is 10.9. The van der Waals surface area contributed by atoms with Crippen LogP contribution < -0.4 is 0 Å². The van der Waals surface area contributed by atoms with Crippen LogP contribution in [-0.4, -0.2) is 25.3 Å². The fourth-order valence-electron chi connectivity index (χ4n) is 1.26. The summed E-state index contributed by atoms with van der Waals surface area (Å²) in [5.74, 6) is -0.249. The molecule has 1 unspecified atom stereocenters. The molecule has 0 saturated carbocycles. The van der Waals surface area contributed by atoms with E-state index in [-0.39, 0.29) is 12.1 Å². The lowest BCUT2D eigenvalue weighted by atomic mass is 10.1. The molecule has 0 radical (unpaired) electrons. The van der Waals surface area contributed by atoms with Crippen molar-refractivity contribution in [1.29, 1.82) is 0 Å². The van der Waals surface area contributed by atoms with Crippen LogP contribution in [0, 0.1) is 0 Å². The average Bonchev–Trinajstić information content (AvgIpc) is 3.04. The summed E-state index contributed by atoms with van der Waals surface area (Å²) in [6.45, 7) is 3.32. The van der Waals surface area contributed by atoms with Crippen molar-refractivity contribution in [3.05, 3.63) is 12.2 Å². The lowest BCUT2D eigenvalue weighted by molar-refractivity contribution is -0.138. The monoisotopic (exact) mass is 212 g/mol. The molecule has 1 aliphatic heterocycles. The highest BCUT2D eigenvalue weighted by Crippen LogP contribution is 2.08. The minimum absolute atomic E-state index is 0.159. The van der Waals surface area contributed by atoms with Gasteiger partial charge >= 0.3 is 5.97 Å². The Kier molecular flexibility index (Phi) is 6.09. The van der Waals surface area contributed by atoms with Crippen molar-refractivity contribution >= 4 is 5.97 Å². The van der Waals surface area contributed by atoms with Gasteiger partial charge in [-0.05, 0) is 12.8 Å². The fourth-order valence-corrected chi connectivity index (χ4v) is 1.26. The summed E-state index contributed by atoms with van der Waals surface area (Å²) in [6.07, 6.45) is 9.46. The minimum atomic E-state index is -0.249. The van der Waals surface area contributed by atoms with Crippen molar-refractivity contribution in [2.45, 2.75) is 45.1 Å². The van der Waals surface area contributed by atoms with Crippen molar-refractivity contribution in [2.75, 3.05) is 13.2 Å². The van der Waals surface area contributed by atoms with E-state index in [9.17, 15) is 4.79 Å². The number of hydrogen-bond donors (Lipinski definition) is 0. The lowest BCUT2D eigenvalue weighted by Gasteiger charge is -1.97. The molecule has 15 heavy (non-hydrogen) atoms. The SMILES string of the molecule is CCCCCCC=CC(=O)OCC1CO1. The third-order valence-corrected chi connectivity index (χ3v) is 2.29. The van der Waals surface area contributed by atoms with Crippen molar-refractivity contribution in [1.82, 2.24) is 0 Å². The van der Waals surface area contributed by atoms with E-state index in [1.807, 2.05) is 6.08 Å². The zero-order valence-electron chi connectivity index (χ0n) is 9.41. The van der Waals surface area contributed by atoms with Crippen molar-refractivity contribution in [2.24, 2.45) is 0 Å². The second-order valence-electron chi connectivity index (χ2n) is 3.84. The number of epoxide rings is 1. The molecule has 0 amide bonds. The Hall–Kier alpha value is -0.830. The lowest BCUT2D eigenvalue weighted by Crippen LogP contribution is -2.06. The van der Waals surface area contributed by atoms with Gasteiger partial charge in [0.05, 0.1) is 6.61 Å². The van der Waals surface area contributed by atoms with Crippen LogP contribution in [0.5, 0.6) is 0 Å². The molecule has 3 nitrogen and oxygen atoms in total. The van der Waals surface area contributed by atoms with Gasteiger partial charge in [0.2, 0.25) is 0 Å². The number of carbonyl (C=O) groups is 1. The number of rotatable bonds is 8. The molecule has 1 rings (SSSR count). The van der Waals surface area contributed by atoms with Crippen LogP contribution in [0.3, 0.4) is 0 Å². The van der Waals surface area contributed by atoms with Gasteiger partial charge < -0.3 is 9.47 Å². The van der Waals surface area contributed by atoms with Crippen LogP contribution in [0.4, 0.5) is 0 Å². The molecule has 0 aromatic carbocycles. The van der Waals surface area contributed by atoms with Gasteiger partial charge in [0.25, 0.3) is 0 Å². The molecule has 3 heteroatoms. The Balaban J connectivity index is 1.90. The molecule has 0 aliphatic carbocycles. The predicted molar refractivity (Wildman–Crippen MR) is 58.6 cm³/mol. The standard InChI is InChI=1S/C12H20O3/c1-2-3-4-5-6-7-8-12(13)15-10-11-9-14-11/h7-8,11H,2-6,9-10H2,1H3. The molecular formula is C12H20O3. The zero-order valence-corrected chi connectivity index (χ0v) is 9.41. The minimum Gasteiger partial charge on any atom is -0.460 e. The number of hydrogen-bond acceptors (Lipinski definition) is 3. The normalized spacial score (nSPS) is 19.4. The molecule has 0 bridgehead atoms. The average molecular weight is 212 g/mol. The van der Waals surface area contributed by atoms with Crippen LogP contribution in [0.25, 0.3) is 0 Å². The summed E-state index contributed by atoms with van der Waals surface area (Å²) in [6, 6.07) is 0. The second-order valence-corrected chi connectivity index (χ2v) is 3.84. The first-order valence-electron chi connectivity index (χ1n) is 5.78. The first-order valence-corrected chi connectivity index (χ1v) is 5.78. The summed E-state index contributed by atoms with van der Waals surface area (Å²) in [4.78, 5) is 11.1. The van der Waals surface area contributed by atoms with E-state index in [1.54, 1.807) is 0 Å². The van der Waals surface area contributed by atoms with Gasteiger partial charge in [0.15, 0.2) is 0 Å². The van der Waals surface area contributed by atoms with Crippen molar-refractivity contribution < 1.29 is 14.3 Å². The Morgan fingerprint density at radius 3 is 2.93 bits per heavy atom. The molecule has 1 heterocycles. The van der Waals surface area contributed by atoms with Crippen LogP contribution in [0.15, 0.2) is 12.2 Å². The van der Waals surface area contributed by atoms with Gasteiger partial charge in [-0.25, -0.2) is 4.79 Å². The van der Waals surface area contributed by atoms with Crippen molar-refractivity contribution in [3.63, 3.8) is 0 Å². The van der Waals surface area contributed by atoms with Crippen LogP contribution in [-0.2, 0) is 14.3 Å². The van der Waals surface area contributed by atoms with Crippen LogP contribution in [0.1, 0.15) is 39.0 Å². The summed E-state index contributed by atoms with van der Waals surface area (Å²) >= 11 is 0. The van der Waals surface area contributed by atoms with E-state index in [4.69, 9.17) is 9.47 Å². The maximum atomic E-state index is 11.1. The summed E-state index contributed by atoms with van der Waals surface area (Å²) in [7, 11) is 0. The highest BCUT2D eigenvalue weighted by atomic mass is 16.6. The number of esters is 1. The Bertz CT molecular complexity index is 207. The molecule has 1 atom stereocenters. The molecule has 1 saturated heterocycles. The molecular weight excluding hydrogens is 192 g/mol. The molecule has 1 fully saturated rings. The van der Waals surface area contributed by atoms with Crippen LogP contribution >= 0.6 is 0 Å². The summed E-state index contributed by atoms with van der Waals surface area (Å²) in [5.41, 5.74) is 0. The Labute approximate surface area is 91.4 Å². The summed E-state index contributed by atoms with van der Waals surface area (Å²) < 4.78 is 9.87. The maximum absolute atomic E-state index is 11.1. The molecule has 0 aromatic rings. The Morgan fingerprint density at radius 2 is 2.27 bits per heavy atom. The highest BCUT2D eigenvalue weighted by Gasteiger charge is 2.23. The maximum Gasteiger partial charge on any atom is 0.330 e. The van der Waals surface area contributed by atoms with E-state index in [1.165, 1.54) is 25.3 Å². The Morgan fingerprint density at radius 1 is 1.47 bits per heavy atom. The highest BCUT2D eigenvalue weighted by molar-refractivity contribution is 5.81. The number of unbranched alkanes of at least 4 members (excludes halogenated alkanes) is 4. The molecule has 0 aromatic heterocycles. The molecule has 0 N–H and O–H groups in total. The quantitative estimate of drug-likeness (QED) is 0.268. The smallest absolute Gasteiger partial charge is 0.330 e. The topological polar surface area (TPSA) is 38.8 Å². The third-order valence-electron chi connectivity index (χ3n) is 2.29. The number of carbonyl (C=O) groups excluding carboxylic acids is 1. The number of allylic oxidation sites excluding steroid dienone is 1. The van der Waals surface area contributed by atoms with Gasteiger partial charge in [0, 0.05) is 6.08 Å². The second kappa shape index (κ2) is 7.46. The van der Waals surface area contributed by atoms with Gasteiger partial charge in [-0.1, -0.05) is 32.3 Å². The number of ether oxygens (including phenoxy) is 2. The van der Waals surface area contributed by atoms with E-state index < -0.39 is 0 Å². The van der Waals surface area contributed by atoms with Gasteiger partial charge in [0.1, 0.15) is 12.7 Å². The van der Waals surface area contributed by atoms with Crippen molar-refractivity contribution in [3.8, 4) is 0 Å². The van der Waals surface area contributed by atoms with E-state index in [0.29, 0.717) is 6.61 Å². The van der Waals surface area contributed by atoms with Crippen LogP contribution in [0.2, 0.25) is 0 Å². The van der Waals surface area contributed by atoms with Gasteiger partial charge in [-0.3, -0.25) is 0 Å². The largest absolute Gasteiger partial charge is 0.460 e. The third kappa shape index (κ3) is 7.14. The summed E-state index contributed by atoms with van der Waals surface area (Å²) in [5, 5.41) is 0. The first-order chi connectivity index (χ1) is 7.33. The van der Waals surface area contributed by atoms with E-state index >= 15 is 0 Å².